The van der Waals surface area contributed by atoms with Crippen molar-refractivity contribution in [3.63, 3.8) is 0 Å². The van der Waals surface area contributed by atoms with E-state index in [1.165, 1.54) is 0 Å². The van der Waals surface area contributed by atoms with Crippen molar-refractivity contribution in [1.29, 1.82) is 0 Å². The van der Waals surface area contributed by atoms with Crippen molar-refractivity contribution in [1.82, 2.24) is 10.2 Å². The Morgan fingerprint density at radius 2 is 1.84 bits per heavy atom. The molecule has 0 aromatic carbocycles. The van der Waals surface area contributed by atoms with Crippen molar-refractivity contribution in [3.8, 4) is 0 Å². The molecule has 3 N–H and O–H groups in total. The average molecular weight is 271 g/mol. The molecule has 0 radical (unpaired) electrons. The number of hydrogen-bond donors (Lipinski definition) is 2. The van der Waals surface area contributed by atoms with Gasteiger partial charge >= 0.3 is 0 Å². The first kappa shape index (κ1) is 18.4. The SMILES string of the molecule is CC(C)CN(C)CCCCC(C)(NC(C)C)C(N)=O. The topological polar surface area (TPSA) is 58.4 Å². The molecule has 0 bridgehead atoms. The molecule has 0 aliphatic rings. The number of carbonyl (C=O) groups excluding carboxylic acids is 1. The predicted molar refractivity (Wildman–Crippen MR) is 82.1 cm³/mol. The number of hydrogen-bond acceptors (Lipinski definition) is 3. The fourth-order valence-electron chi connectivity index (χ4n) is 2.48. The third kappa shape index (κ3) is 8.22. The molecule has 1 unspecified atom stereocenters. The van der Waals surface area contributed by atoms with Crippen LogP contribution in [0, 0.1) is 5.92 Å². The Balaban J connectivity index is 4.04. The summed E-state index contributed by atoms with van der Waals surface area (Å²) in [5, 5.41) is 3.29. The monoisotopic (exact) mass is 271 g/mol. The van der Waals surface area contributed by atoms with E-state index in [0.29, 0.717) is 5.92 Å². The van der Waals surface area contributed by atoms with E-state index in [2.05, 4.69) is 31.1 Å². The van der Waals surface area contributed by atoms with Crippen LogP contribution < -0.4 is 11.1 Å². The molecule has 114 valence electrons. The molecular weight excluding hydrogens is 238 g/mol. The third-order valence-corrected chi connectivity index (χ3v) is 3.29. The maximum atomic E-state index is 11.6. The van der Waals surface area contributed by atoms with Gasteiger partial charge in [0.05, 0.1) is 5.54 Å². The van der Waals surface area contributed by atoms with Gasteiger partial charge in [-0.15, -0.1) is 0 Å². The summed E-state index contributed by atoms with van der Waals surface area (Å²) < 4.78 is 0. The van der Waals surface area contributed by atoms with Gasteiger partial charge in [-0.3, -0.25) is 4.79 Å². The number of nitrogens with two attached hydrogens (primary N) is 1. The van der Waals surface area contributed by atoms with Crippen molar-refractivity contribution in [2.75, 3.05) is 20.1 Å². The zero-order chi connectivity index (χ0) is 15.1. The average Bonchev–Trinajstić information content (AvgIpc) is 2.22. The van der Waals surface area contributed by atoms with Gasteiger partial charge in [-0.2, -0.15) is 0 Å². The van der Waals surface area contributed by atoms with Crippen LogP contribution in [-0.4, -0.2) is 42.5 Å². The molecule has 1 amide bonds. The largest absolute Gasteiger partial charge is 0.368 e. The number of nitrogens with zero attached hydrogens (tertiary/aromatic N) is 1. The molecule has 0 aromatic rings. The number of unbranched alkanes of at least 4 members (excludes halogenated alkanes) is 1. The smallest absolute Gasteiger partial charge is 0.237 e. The van der Waals surface area contributed by atoms with Crippen LogP contribution in [0.25, 0.3) is 0 Å². The molecule has 4 heteroatoms. The fraction of sp³-hybridized carbons (Fsp3) is 0.933. The van der Waals surface area contributed by atoms with E-state index >= 15 is 0 Å². The Kier molecular flexibility index (Phi) is 8.26. The lowest BCUT2D eigenvalue weighted by Crippen LogP contribution is -2.55. The van der Waals surface area contributed by atoms with Crippen LogP contribution in [-0.2, 0) is 4.79 Å². The standard InChI is InChI=1S/C15H33N3O/c1-12(2)11-18(6)10-8-7-9-15(5,14(16)19)17-13(3)4/h12-13,17H,7-11H2,1-6H3,(H2,16,19). The summed E-state index contributed by atoms with van der Waals surface area (Å²) in [6.07, 6.45) is 2.92. The highest BCUT2D eigenvalue weighted by Gasteiger charge is 2.30. The molecule has 0 heterocycles. The lowest BCUT2D eigenvalue weighted by atomic mass is 9.93. The summed E-state index contributed by atoms with van der Waals surface area (Å²) in [4.78, 5) is 13.9. The molecule has 0 rings (SSSR count). The number of rotatable bonds is 10. The van der Waals surface area contributed by atoms with E-state index < -0.39 is 5.54 Å². The molecule has 0 aliphatic heterocycles. The maximum Gasteiger partial charge on any atom is 0.237 e. The lowest BCUT2D eigenvalue weighted by Gasteiger charge is -2.30. The summed E-state index contributed by atoms with van der Waals surface area (Å²) in [7, 11) is 2.15. The predicted octanol–water partition coefficient (Wildman–Crippen LogP) is 1.99. The van der Waals surface area contributed by atoms with Crippen LogP contribution in [0.4, 0.5) is 0 Å². The van der Waals surface area contributed by atoms with E-state index in [0.717, 1.165) is 32.4 Å². The summed E-state index contributed by atoms with van der Waals surface area (Å²) in [5.74, 6) is 0.445. The molecule has 1 atom stereocenters. The summed E-state index contributed by atoms with van der Waals surface area (Å²) in [5.41, 5.74) is 4.94. The van der Waals surface area contributed by atoms with Crippen molar-refractivity contribution in [3.05, 3.63) is 0 Å². The molecule has 0 aliphatic carbocycles. The first-order chi connectivity index (χ1) is 8.67. The Bertz CT molecular complexity index is 266. The minimum absolute atomic E-state index is 0.253. The summed E-state index contributed by atoms with van der Waals surface area (Å²) in [6.45, 7) is 12.6. The number of nitrogens with one attached hydrogen (secondary N) is 1. The first-order valence-corrected chi connectivity index (χ1v) is 7.43. The van der Waals surface area contributed by atoms with Gasteiger partial charge < -0.3 is 16.0 Å². The Morgan fingerprint density at radius 1 is 1.26 bits per heavy atom. The zero-order valence-corrected chi connectivity index (χ0v) is 13.6. The zero-order valence-electron chi connectivity index (χ0n) is 13.6. The normalized spacial score (nSPS) is 15.2. The van der Waals surface area contributed by atoms with Gasteiger partial charge in [-0.25, -0.2) is 0 Å². The quantitative estimate of drug-likeness (QED) is 0.597. The molecule has 0 aromatic heterocycles. The van der Waals surface area contributed by atoms with Crippen LogP contribution in [0.3, 0.4) is 0 Å². The number of primary amides is 1. The van der Waals surface area contributed by atoms with E-state index in [-0.39, 0.29) is 11.9 Å². The lowest BCUT2D eigenvalue weighted by molar-refractivity contribution is -0.124. The van der Waals surface area contributed by atoms with Gasteiger partial charge in [0.1, 0.15) is 0 Å². The van der Waals surface area contributed by atoms with E-state index in [1.54, 1.807) is 0 Å². The van der Waals surface area contributed by atoms with Crippen LogP contribution in [0.1, 0.15) is 53.9 Å². The van der Waals surface area contributed by atoms with Gasteiger partial charge in [-0.1, -0.05) is 13.8 Å². The van der Waals surface area contributed by atoms with Crippen LogP contribution >= 0.6 is 0 Å². The van der Waals surface area contributed by atoms with E-state index in [9.17, 15) is 4.79 Å². The third-order valence-electron chi connectivity index (χ3n) is 3.29. The van der Waals surface area contributed by atoms with Crippen molar-refractivity contribution in [2.24, 2.45) is 11.7 Å². The van der Waals surface area contributed by atoms with Gasteiger partial charge in [0.15, 0.2) is 0 Å². The van der Waals surface area contributed by atoms with Gasteiger partial charge in [0.2, 0.25) is 5.91 Å². The molecule has 0 fully saturated rings. The summed E-state index contributed by atoms with van der Waals surface area (Å²) >= 11 is 0. The van der Waals surface area contributed by atoms with E-state index in [1.807, 2.05) is 20.8 Å². The van der Waals surface area contributed by atoms with Gasteiger partial charge in [-0.05, 0) is 59.5 Å². The maximum absolute atomic E-state index is 11.6. The molecule has 0 saturated heterocycles. The highest BCUT2D eigenvalue weighted by atomic mass is 16.1. The minimum Gasteiger partial charge on any atom is -0.368 e. The van der Waals surface area contributed by atoms with Gasteiger partial charge in [0.25, 0.3) is 0 Å². The highest BCUT2D eigenvalue weighted by Crippen LogP contribution is 2.15. The van der Waals surface area contributed by atoms with Crippen LogP contribution in [0.15, 0.2) is 0 Å². The Hall–Kier alpha value is -0.610. The first-order valence-electron chi connectivity index (χ1n) is 7.43. The molecule has 0 spiro atoms. The highest BCUT2D eigenvalue weighted by molar-refractivity contribution is 5.84. The van der Waals surface area contributed by atoms with Crippen molar-refractivity contribution in [2.45, 2.75) is 65.5 Å². The number of amides is 1. The van der Waals surface area contributed by atoms with Crippen molar-refractivity contribution < 1.29 is 4.79 Å². The van der Waals surface area contributed by atoms with Crippen LogP contribution in [0.5, 0.6) is 0 Å². The van der Waals surface area contributed by atoms with E-state index in [4.69, 9.17) is 5.73 Å². The number of carbonyl (C=O) groups is 1. The van der Waals surface area contributed by atoms with Gasteiger partial charge in [0, 0.05) is 12.6 Å². The molecule has 19 heavy (non-hydrogen) atoms. The second-order valence-electron chi connectivity index (χ2n) is 6.61. The van der Waals surface area contributed by atoms with Crippen molar-refractivity contribution >= 4 is 5.91 Å². The molecule has 4 nitrogen and oxygen atoms in total. The summed E-state index contributed by atoms with van der Waals surface area (Å²) in [6, 6.07) is 0.265. The molecule has 0 saturated carbocycles. The molecular formula is C15H33N3O. The minimum atomic E-state index is -0.579. The Labute approximate surface area is 119 Å². The Morgan fingerprint density at radius 3 is 2.26 bits per heavy atom. The fourth-order valence-corrected chi connectivity index (χ4v) is 2.48. The second kappa shape index (κ2) is 8.54. The van der Waals surface area contributed by atoms with Crippen LogP contribution in [0.2, 0.25) is 0 Å². The second-order valence-corrected chi connectivity index (χ2v) is 6.61.